The van der Waals surface area contributed by atoms with Gasteiger partial charge in [0.15, 0.2) is 11.4 Å². The second-order valence-electron chi connectivity index (χ2n) is 3.43. The highest BCUT2D eigenvalue weighted by Gasteiger charge is 2.18. The van der Waals surface area contributed by atoms with Crippen molar-refractivity contribution in [1.82, 2.24) is 4.98 Å². The van der Waals surface area contributed by atoms with E-state index < -0.39 is 16.4 Å². The Bertz CT molecular complexity index is 682. The lowest BCUT2D eigenvalue weighted by Crippen LogP contribution is -1.96. The molecular formula is C12H6FN3O3. The fourth-order valence-electron chi connectivity index (χ4n) is 1.40. The van der Waals surface area contributed by atoms with E-state index in [1.165, 1.54) is 18.3 Å². The molecule has 0 bridgehead atoms. The standard InChI is InChI=1S/C12H6FN3O3/c13-8-3-4-10(16(17)18)12(6-8)19-11-2-1-5-15-9(11)7-14/h1-6H. The van der Waals surface area contributed by atoms with Crippen LogP contribution in [-0.2, 0) is 0 Å². The molecule has 0 N–H and O–H groups in total. The SMILES string of the molecule is N#Cc1ncccc1Oc1cc(F)ccc1[N+](=O)[O-]. The monoisotopic (exact) mass is 259 g/mol. The molecule has 0 fully saturated rings. The van der Waals surface area contributed by atoms with Crippen LogP contribution < -0.4 is 4.74 Å². The summed E-state index contributed by atoms with van der Waals surface area (Å²) in [6.45, 7) is 0. The van der Waals surface area contributed by atoms with Crippen molar-refractivity contribution < 1.29 is 14.1 Å². The van der Waals surface area contributed by atoms with Crippen molar-refractivity contribution in [2.24, 2.45) is 0 Å². The molecule has 19 heavy (non-hydrogen) atoms. The lowest BCUT2D eigenvalue weighted by Gasteiger charge is -2.06. The third-order valence-electron chi connectivity index (χ3n) is 2.22. The maximum Gasteiger partial charge on any atom is 0.311 e. The predicted molar refractivity (Wildman–Crippen MR) is 62.1 cm³/mol. The molecule has 7 heteroatoms. The van der Waals surface area contributed by atoms with Gasteiger partial charge in [-0.1, -0.05) is 0 Å². The number of rotatable bonds is 3. The molecule has 2 rings (SSSR count). The first kappa shape index (κ1) is 12.4. The molecule has 1 aromatic carbocycles. The number of ether oxygens (including phenoxy) is 1. The Hall–Kier alpha value is -3.01. The molecule has 0 aliphatic heterocycles. The van der Waals surface area contributed by atoms with Crippen LogP contribution in [0.5, 0.6) is 11.5 Å². The molecule has 0 radical (unpaired) electrons. The molecule has 0 amide bonds. The van der Waals surface area contributed by atoms with E-state index in [9.17, 15) is 14.5 Å². The van der Waals surface area contributed by atoms with E-state index in [0.717, 1.165) is 18.2 Å². The van der Waals surface area contributed by atoms with Gasteiger partial charge in [-0.15, -0.1) is 0 Å². The van der Waals surface area contributed by atoms with E-state index in [4.69, 9.17) is 10.00 Å². The summed E-state index contributed by atoms with van der Waals surface area (Å²) < 4.78 is 18.3. The molecule has 1 aromatic heterocycles. The van der Waals surface area contributed by atoms with Crippen molar-refractivity contribution in [3.8, 4) is 17.6 Å². The van der Waals surface area contributed by atoms with E-state index in [-0.39, 0.29) is 17.2 Å². The first-order valence-corrected chi connectivity index (χ1v) is 5.08. The Labute approximate surface area is 106 Å². The Morgan fingerprint density at radius 3 is 2.84 bits per heavy atom. The molecule has 6 nitrogen and oxygen atoms in total. The minimum absolute atomic E-state index is 0.0266. The average molecular weight is 259 g/mol. The van der Waals surface area contributed by atoms with Crippen LogP contribution in [0.15, 0.2) is 36.5 Å². The van der Waals surface area contributed by atoms with E-state index in [1.54, 1.807) is 6.07 Å². The number of aromatic nitrogens is 1. The van der Waals surface area contributed by atoms with Gasteiger partial charge >= 0.3 is 5.69 Å². The van der Waals surface area contributed by atoms with Crippen LogP contribution in [0, 0.1) is 27.3 Å². The topological polar surface area (TPSA) is 89.0 Å². The quantitative estimate of drug-likeness (QED) is 0.624. The van der Waals surface area contributed by atoms with Crippen molar-refractivity contribution in [2.45, 2.75) is 0 Å². The van der Waals surface area contributed by atoms with Crippen LogP contribution in [0.25, 0.3) is 0 Å². The molecule has 0 unspecified atom stereocenters. The van der Waals surface area contributed by atoms with E-state index in [0.29, 0.717) is 0 Å². The van der Waals surface area contributed by atoms with Crippen LogP contribution in [0.4, 0.5) is 10.1 Å². The minimum atomic E-state index is -0.697. The molecule has 94 valence electrons. The van der Waals surface area contributed by atoms with Crippen molar-refractivity contribution in [3.63, 3.8) is 0 Å². The second-order valence-corrected chi connectivity index (χ2v) is 3.43. The van der Waals surface area contributed by atoms with Crippen LogP contribution in [0.3, 0.4) is 0 Å². The Balaban J connectivity index is 2.46. The molecular weight excluding hydrogens is 253 g/mol. The Morgan fingerprint density at radius 2 is 2.16 bits per heavy atom. The molecule has 0 aliphatic rings. The highest BCUT2D eigenvalue weighted by atomic mass is 19.1. The molecule has 0 saturated heterocycles. The summed E-state index contributed by atoms with van der Waals surface area (Å²) in [6, 6.07) is 7.53. The van der Waals surface area contributed by atoms with Gasteiger partial charge < -0.3 is 4.74 Å². The minimum Gasteiger partial charge on any atom is -0.447 e. The third-order valence-corrected chi connectivity index (χ3v) is 2.22. The van der Waals surface area contributed by atoms with Gasteiger partial charge in [0.25, 0.3) is 0 Å². The van der Waals surface area contributed by atoms with Crippen molar-refractivity contribution in [3.05, 3.63) is 58.2 Å². The summed E-state index contributed by atoms with van der Waals surface area (Å²) in [7, 11) is 0. The van der Waals surface area contributed by atoms with Crippen LogP contribution in [0.2, 0.25) is 0 Å². The van der Waals surface area contributed by atoms with Crippen LogP contribution in [0.1, 0.15) is 5.69 Å². The summed E-state index contributed by atoms with van der Waals surface area (Å²) in [5.74, 6) is -0.934. The maximum absolute atomic E-state index is 13.1. The van der Waals surface area contributed by atoms with Gasteiger partial charge in [-0.2, -0.15) is 5.26 Å². The first-order chi connectivity index (χ1) is 9.11. The fourth-order valence-corrected chi connectivity index (χ4v) is 1.40. The first-order valence-electron chi connectivity index (χ1n) is 5.08. The van der Waals surface area contributed by atoms with Gasteiger partial charge in [0, 0.05) is 18.3 Å². The smallest absolute Gasteiger partial charge is 0.311 e. The predicted octanol–water partition coefficient (Wildman–Crippen LogP) is 2.79. The number of nitriles is 1. The summed E-state index contributed by atoms with van der Waals surface area (Å²) >= 11 is 0. The van der Waals surface area contributed by atoms with Gasteiger partial charge in [-0.05, 0) is 18.2 Å². The fraction of sp³-hybridized carbons (Fsp3) is 0. The summed E-state index contributed by atoms with van der Waals surface area (Å²) in [6.07, 6.45) is 1.38. The van der Waals surface area contributed by atoms with Crippen LogP contribution >= 0.6 is 0 Å². The van der Waals surface area contributed by atoms with Gasteiger partial charge in [-0.25, -0.2) is 9.37 Å². The number of hydrogen-bond donors (Lipinski definition) is 0. The lowest BCUT2D eigenvalue weighted by atomic mass is 10.3. The molecule has 0 atom stereocenters. The number of nitro groups is 1. The number of nitrogens with zero attached hydrogens (tertiary/aromatic N) is 3. The zero-order valence-corrected chi connectivity index (χ0v) is 9.41. The normalized spacial score (nSPS) is 9.68. The van der Waals surface area contributed by atoms with E-state index >= 15 is 0 Å². The van der Waals surface area contributed by atoms with E-state index in [2.05, 4.69) is 4.98 Å². The van der Waals surface area contributed by atoms with Gasteiger partial charge in [-0.3, -0.25) is 10.1 Å². The summed E-state index contributed by atoms with van der Waals surface area (Å²) in [4.78, 5) is 13.8. The maximum atomic E-state index is 13.1. The zero-order chi connectivity index (χ0) is 13.8. The number of benzene rings is 1. The van der Waals surface area contributed by atoms with Gasteiger partial charge in [0.2, 0.25) is 5.75 Å². The third kappa shape index (κ3) is 2.63. The highest BCUT2D eigenvalue weighted by molar-refractivity contribution is 5.50. The van der Waals surface area contributed by atoms with Crippen molar-refractivity contribution >= 4 is 5.69 Å². The van der Waals surface area contributed by atoms with Crippen LogP contribution in [-0.4, -0.2) is 9.91 Å². The number of hydrogen-bond acceptors (Lipinski definition) is 5. The second kappa shape index (κ2) is 5.10. The zero-order valence-electron chi connectivity index (χ0n) is 9.41. The largest absolute Gasteiger partial charge is 0.447 e. The summed E-state index contributed by atoms with van der Waals surface area (Å²) in [5.41, 5.74) is -0.435. The Kier molecular flexibility index (Phi) is 3.34. The molecule has 2 aromatic rings. The van der Waals surface area contributed by atoms with E-state index in [1.807, 2.05) is 0 Å². The number of nitro benzene ring substituents is 1. The van der Waals surface area contributed by atoms with Gasteiger partial charge in [0.1, 0.15) is 11.9 Å². The molecule has 0 saturated carbocycles. The summed E-state index contributed by atoms with van der Waals surface area (Å²) in [5, 5.41) is 19.6. The molecule has 0 aliphatic carbocycles. The molecule has 0 spiro atoms. The highest BCUT2D eigenvalue weighted by Crippen LogP contribution is 2.32. The average Bonchev–Trinajstić information content (AvgIpc) is 2.39. The van der Waals surface area contributed by atoms with Gasteiger partial charge in [0.05, 0.1) is 4.92 Å². The van der Waals surface area contributed by atoms with Crippen molar-refractivity contribution in [2.75, 3.05) is 0 Å². The molecule has 1 heterocycles. The number of pyridine rings is 1. The Morgan fingerprint density at radius 1 is 1.37 bits per heavy atom. The number of halogens is 1. The van der Waals surface area contributed by atoms with Crippen molar-refractivity contribution in [1.29, 1.82) is 5.26 Å². The lowest BCUT2D eigenvalue weighted by molar-refractivity contribution is -0.385.